The van der Waals surface area contributed by atoms with Crippen molar-refractivity contribution < 1.29 is 24.6 Å². The lowest BCUT2D eigenvalue weighted by Crippen LogP contribution is -2.49. The van der Waals surface area contributed by atoms with E-state index in [2.05, 4.69) is 10.6 Å². The molecule has 0 saturated heterocycles. The van der Waals surface area contributed by atoms with Gasteiger partial charge in [-0.2, -0.15) is 0 Å². The fourth-order valence-corrected chi connectivity index (χ4v) is 2.33. The molecule has 0 bridgehead atoms. The second-order valence-electron chi connectivity index (χ2n) is 5.74. The van der Waals surface area contributed by atoms with Crippen molar-refractivity contribution >= 4 is 17.8 Å². The van der Waals surface area contributed by atoms with E-state index < -0.39 is 36.0 Å². The monoisotopic (exact) mass is 356 g/mol. The lowest BCUT2D eigenvalue weighted by Gasteiger charge is -2.25. The number of aliphatic carboxylic acids is 1. The van der Waals surface area contributed by atoms with Gasteiger partial charge in [0.15, 0.2) is 6.10 Å². The van der Waals surface area contributed by atoms with E-state index in [-0.39, 0.29) is 0 Å². The number of nitrogens with one attached hydrogen (secondary N) is 2. The number of amides is 2. The maximum Gasteiger partial charge on any atom is 0.325 e. The summed E-state index contributed by atoms with van der Waals surface area (Å²) in [5.74, 6) is -2.57. The molecule has 0 radical (unpaired) electrons. The zero-order valence-corrected chi connectivity index (χ0v) is 14.1. The van der Waals surface area contributed by atoms with E-state index in [0.717, 1.165) is 0 Å². The average Bonchev–Trinajstić information content (AvgIpc) is 2.66. The Balaban J connectivity index is 2.22. The molecule has 4 N–H and O–H groups in total. The van der Waals surface area contributed by atoms with Crippen molar-refractivity contribution in [1.29, 1.82) is 0 Å². The lowest BCUT2D eigenvalue weighted by molar-refractivity contribution is -0.143. The maximum atomic E-state index is 12.4. The van der Waals surface area contributed by atoms with E-state index in [4.69, 9.17) is 5.11 Å². The molecular weight excluding hydrogens is 336 g/mol. The van der Waals surface area contributed by atoms with Gasteiger partial charge in [-0.1, -0.05) is 48.5 Å². The summed E-state index contributed by atoms with van der Waals surface area (Å²) in [6.45, 7) is 1.28. The second kappa shape index (κ2) is 8.77. The highest BCUT2D eigenvalue weighted by molar-refractivity contribution is 5.95. The number of rotatable bonds is 7. The summed E-state index contributed by atoms with van der Waals surface area (Å²) in [5.41, 5.74) is 0.891. The molecule has 0 spiro atoms. The highest BCUT2D eigenvalue weighted by Gasteiger charge is 2.30. The van der Waals surface area contributed by atoms with E-state index in [0.29, 0.717) is 11.1 Å². The van der Waals surface area contributed by atoms with Gasteiger partial charge in [-0.15, -0.1) is 0 Å². The van der Waals surface area contributed by atoms with Gasteiger partial charge in [0, 0.05) is 5.56 Å². The van der Waals surface area contributed by atoms with Crippen LogP contribution in [0.15, 0.2) is 60.7 Å². The van der Waals surface area contributed by atoms with Crippen molar-refractivity contribution in [3.8, 4) is 0 Å². The van der Waals surface area contributed by atoms with Gasteiger partial charge in [-0.3, -0.25) is 14.4 Å². The van der Waals surface area contributed by atoms with Crippen LogP contribution in [0, 0.1) is 0 Å². The largest absolute Gasteiger partial charge is 0.480 e. The molecule has 2 rings (SSSR count). The minimum absolute atomic E-state index is 0.375. The van der Waals surface area contributed by atoms with Crippen LogP contribution in [0.25, 0.3) is 0 Å². The van der Waals surface area contributed by atoms with E-state index in [9.17, 15) is 19.5 Å². The standard InChI is InChI=1S/C19H20N2O5/c1-12(19(25)26)20-18(24)16(22)15(13-8-4-2-5-9-13)21-17(23)14-10-6-3-7-11-14/h2-12,15-16,22H,1H3,(H,20,24)(H,21,23)(H,25,26)/t12-,15-,16+/m0/s1. The van der Waals surface area contributed by atoms with Crippen LogP contribution < -0.4 is 10.6 Å². The topological polar surface area (TPSA) is 116 Å². The Morgan fingerprint density at radius 3 is 1.96 bits per heavy atom. The molecule has 2 aromatic rings. The Bertz CT molecular complexity index is 764. The number of carboxylic acid groups (broad SMARTS) is 1. The molecule has 26 heavy (non-hydrogen) atoms. The molecule has 3 atom stereocenters. The molecule has 2 amide bonds. The summed E-state index contributed by atoms with van der Waals surface area (Å²) in [6, 6.07) is 14.7. The molecule has 7 nitrogen and oxygen atoms in total. The van der Waals surface area contributed by atoms with Crippen LogP contribution in [-0.2, 0) is 9.59 Å². The van der Waals surface area contributed by atoms with Gasteiger partial charge in [-0.25, -0.2) is 0 Å². The van der Waals surface area contributed by atoms with E-state index in [1.54, 1.807) is 60.7 Å². The quantitative estimate of drug-likeness (QED) is 0.593. The fraction of sp³-hybridized carbons (Fsp3) is 0.211. The lowest BCUT2D eigenvalue weighted by atomic mass is 10.00. The summed E-state index contributed by atoms with van der Waals surface area (Å²) in [7, 11) is 0. The van der Waals surface area contributed by atoms with Gasteiger partial charge in [0.2, 0.25) is 0 Å². The highest BCUT2D eigenvalue weighted by atomic mass is 16.4. The first-order valence-corrected chi connectivity index (χ1v) is 8.02. The van der Waals surface area contributed by atoms with Gasteiger partial charge >= 0.3 is 5.97 Å². The number of hydrogen-bond donors (Lipinski definition) is 4. The van der Waals surface area contributed by atoms with Crippen molar-refractivity contribution in [2.45, 2.75) is 25.1 Å². The van der Waals surface area contributed by atoms with Crippen LogP contribution in [0.5, 0.6) is 0 Å². The third-order valence-electron chi connectivity index (χ3n) is 3.79. The SMILES string of the molecule is C[C@H](NC(=O)[C@H](O)[C@@H](NC(=O)c1ccccc1)c1ccccc1)C(=O)O. The summed E-state index contributed by atoms with van der Waals surface area (Å²) < 4.78 is 0. The van der Waals surface area contributed by atoms with E-state index in [1.165, 1.54) is 6.92 Å². The first kappa shape index (κ1) is 19.1. The molecule has 0 heterocycles. The maximum absolute atomic E-state index is 12.4. The zero-order chi connectivity index (χ0) is 19.1. The van der Waals surface area contributed by atoms with Crippen LogP contribution in [0.1, 0.15) is 28.9 Å². The summed E-state index contributed by atoms with van der Waals surface area (Å²) in [4.78, 5) is 35.5. The Labute approximate surface area is 150 Å². The number of hydrogen-bond acceptors (Lipinski definition) is 4. The highest BCUT2D eigenvalue weighted by Crippen LogP contribution is 2.18. The van der Waals surface area contributed by atoms with E-state index >= 15 is 0 Å². The first-order chi connectivity index (χ1) is 12.4. The van der Waals surface area contributed by atoms with Crippen molar-refractivity contribution in [3.05, 3.63) is 71.8 Å². The van der Waals surface area contributed by atoms with Crippen molar-refractivity contribution in [3.63, 3.8) is 0 Å². The molecule has 0 aliphatic rings. The molecule has 7 heteroatoms. The van der Waals surface area contributed by atoms with Crippen LogP contribution in [0.2, 0.25) is 0 Å². The number of benzene rings is 2. The second-order valence-corrected chi connectivity index (χ2v) is 5.74. The van der Waals surface area contributed by atoms with Crippen molar-refractivity contribution in [2.24, 2.45) is 0 Å². The van der Waals surface area contributed by atoms with E-state index in [1.807, 2.05) is 0 Å². The summed E-state index contributed by atoms with van der Waals surface area (Å²) in [6.07, 6.45) is -1.66. The third kappa shape index (κ3) is 4.90. The van der Waals surface area contributed by atoms with Crippen molar-refractivity contribution in [1.82, 2.24) is 10.6 Å². The normalized spacial score (nSPS) is 13.9. The first-order valence-electron chi connectivity index (χ1n) is 8.02. The molecule has 2 aromatic carbocycles. The predicted octanol–water partition coefficient (Wildman–Crippen LogP) is 1.11. The Hall–Kier alpha value is -3.19. The van der Waals surface area contributed by atoms with Crippen LogP contribution in [0.3, 0.4) is 0 Å². The van der Waals surface area contributed by atoms with Crippen LogP contribution in [0.4, 0.5) is 0 Å². The molecule has 0 saturated carbocycles. The van der Waals surface area contributed by atoms with Gasteiger partial charge in [0.1, 0.15) is 6.04 Å². The number of carbonyl (C=O) groups is 3. The minimum atomic E-state index is -1.66. The van der Waals surface area contributed by atoms with Crippen LogP contribution in [-0.4, -0.2) is 40.1 Å². The predicted molar refractivity (Wildman–Crippen MR) is 94.3 cm³/mol. The molecule has 136 valence electrons. The Morgan fingerprint density at radius 2 is 1.42 bits per heavy atom. The van der Waals surface area contributed by atoms with Crippen molar-refractivity contribution in [2.75, 3.05) is 0 Å². The average molecular weight is 356 g/mol. The molecule has 0 aliphatic carbocycles. The number of aliphatic hydroxyl groups excluding tert-OH is 1. The zero-order valence-electron chi connectivity index (χ0n) is 14.1. The van der Waals surface area contributed by atoms with Gasteiger partial charge in [0.25, 0.3) is 11.8 Å². The molecule has 0 unspecified atom stereocenters. The molecule has 0 aliphatic heterocycles. The fourth-order valence-electron chi connectivity index (χ4n) is 2.33. The Morgan fingerprint density at radius 1 is 0.885 bits per heavy atom. The number of carbonyl (C=O) groups excluding carboxylic acids is 2. The van der Waals surface area contributed by atoms with Gasteiger partial charge in [0.05, 0.1) is 6.04 Å². The summed E-state index contributed by atoms with van der Waals surface area (Å²) in [5, 5.41) is 24.2. The third-order valence-corrected chi connectivity index (χ3v) is 3.79. The van der Waals surface area contributed by atoms with Gasteiger partial charge in [-0.05, 0) is 24.6 Å². The molecule has 0 aromatic heterocycles. The van der Waals surface area contributed by atoms with Gasteiger partial charge < -0.3 is 20.8 Å². The number of carboxylic acids is 1. The number of aliphatic hydroxyl groups is 1. The smallest absolute Gasteiger partial charge is 0.325 e. The summed E-state index contributed by atoms with van der Waals surface area (Å²) >= 11 is 0. The minimum Gasteiger partial charge on any atom is -0.480 e. The Kier molecular flexibility index (Phi) is 6.46. The molecule has 0 fully saturated rings. The molecular formula is C19H20N2O5. The van der Waals surface area contributed by atoms with Crippen LogP contribution >= 0.6 is 0 Å².